The van der Waals surface area contributed by atoms with Gasteiger partial charge in [-0.05, 0) is 12.1 Å². The molecule has 1 aliphatic heterocycles. The molecule has 0 spiro atoms. The number of rotatable bonds is 0. The number of aromatic nitrogens is 1. The van der Waals surface area contributed by atoms with Gasteiger partial charge in [0, 0.05) is 18.8 Å². The van der Waals surface area contributed by atoms with E-state index in [0.717, 1.165) is 12.3 Å². The van der Waals surface area contributed by atoms with E-state index >= 15 is 0 Å². The van der Waals surface area contributed by atoms with Gasteiger partial charge in [0.2, 0.25) is 0 Å². The molecule has 3 heteroatoms. The Morgan fingerprint density at radius 1 is 1.40 bits per heavy atom. The standard InChI is InChI=1S/C7H8N2O/c1-2-5-9(4-1)7-3-6-10-8-7/h1-2,4-5H,3,6H2. The largest absolute Gasteiger partial charge is 0.394 e. The van der Waals surface area contributed by atoms with Gasteiger partial charge in [-0.1, -0.05) is 5.16 Å². The Hall–Kier alpha value is -1.25. The number of hydrogen-bond donors (Lipinski definition) is 0. The molecule has 0 radical (unpaired) electrons. The Kier molecular flexibility index (Phi) is 1.20. The molecule has 0 aromatic carbocycles. The minimum Gasteiger partial charge on any atom is -0.394 e. The van der Waals surface area contributed by atoms with Crippen LogP contribution in [-0.2, 0) is 4.84 Å². The Morgan fingerprint density at radius 3 is 2.80 bits per heavy atom. The van der Waals surface area contributed by atoms with E-state index < -0.39 is 0 Å². The van der Waals surface area contributed by atoms with Crippen molar-refractivity contribution in [3.8, 4) is 0 Å². The van der Waals surface area contributed by atoms with Crippen molar-refractivity contribution in [2.24, 2.45) is 5.16 Å². The van der Waals surface area contributed by atoms with Crippen molar-refractivity contribution in [3.63, 3.8) is 0 Å². The highest BCUT2D eigenvalue weighted by Crippen LogP contribution is 2.02. The van der Waals surface area contributed by atoms with Crippen LogP contribution in [0.25, 0.3) is 0 Å². The van der Waals surface area contributed by atoms with Gasteiger partial charge in [0.05, 0.1) is 0 Å². The van der Waals surface area contributed by atoms with Crippen LogP contribution in [0, 0.1) is 0 Å². The lowest BCUT2D eigenvalue weighted by Gasteiger charge is -1.95. The average molecular weight is 136 g/mol. The van der Waals surface area contributed by atoms with Gasteiger partial charge in [-0.2, -0.15) is 0 Å². The first-order valence-corrected chi connectivity index (χ1v) is 3.29. The van der Waals surface area contributed by atoms with E-state index in [1.165, 1.54) is 0 Å². The summed E-state index contributed by atoms with van der Waals surface area (Å²) in [7, 11) is 0. The monoisotopic (exact) mass is 136 g/mol. The molecule has 0 fully saturated rings. The molecule has 0 unspecified atom stereocenters. The number of oxime groups is 1. The second kappa shape index (κ2) is 2.17. The van der Waals surface area contributed by atoms with E-state index in [-0.39, 0.29) is 0 Å². The molecular weight excluding hydrogens is 128 g/mol. The number of hydrogen-bond acceptors (Lipinski definition) is 2. The lowest BCUT2D eigenvalue weighted by Crippen LogP contribution is -2.05. The van der Waals surface area contributed by atoms with Crippen LogP contribution in [0.3, 0.4) is 0 Å². The van der Waals surface area contributed by atoms with E-state index in [4.69, 9.17) is 4.84 Å². The van der Waals surface area contributed by atoms with E-state index in [2.05, 4.69) is 5.16 Å². The van der Waals surface area contributed by atoms with E-state index in [0.29, 0.717) is 6.61 Å². The first-order valence-electron chi connectivity index (χ1n) is 3.29. The average Bonchev–Trinajstić information content (AvgIpc) is 2.59. The molecule has 1 aromatic rings. The second-order valence-electron chi connectivity index (χ2n) is 2.18. The van der Waals surface area contributed by atoms with Gasteiger partial charge in [-0.25, -0.2) is 0 Å². The molecule has 0 saturated heterocycles. The van der Waals surface area contributed by atoms with Crippen LogP contribution >= 0.6 is 0 Å². The van der Waals surface area contributed by atoms with Gasteiger partial charge in [-0.15, -0.1) is 0 Å². The molecule has 2 rings (SSSR count). The SMILES string of the molecule is c1ccn(C2=NOCC2)c1. The lowest BCUT2D eigenvalue weighted by atomic mass is 10.4. The Labute approximate surface area is 58.9 Å². The summed E-state index contributed by atoms with van der Waals surface area (Å²) in [5, 5.41) is 3.86. The van der Waals surface area contributed by atoms with E-state index in [1.807, 2.05) is 29.1 Å². The summed E-state index contributed by atoms with van der Waals surface area (Å²) >= 11 is 0. The Balaban J connectivity index is 2.28. The van der Waals surface area contributed by atoms with Crippen LogP contribution in [0.2, 0.25) is 0 Å². The molecule has 0 amide bonds. The highest BCUT2D eigenvalue weighted by molar-refractivity contribution is 5.84. The molecule has 0 aliphatic carbocycles. The van der Waals surface area contributed by atoms with Crippen molar-refractivity contribution in [1.82, 2.24) is 4.57 Å². The summed E-state index contributed by atoms with van der Waals surface area (Å²) in [5.41, 5.74) is 0. The van der Waals surface area contributed by atoms with Crippen LogP contribution in [-0.4, -0.2) is 17.0 Å². The minimum atomic E-state index is 0.716. The first kappa shape index (κ1) is 5.53. The van der Waals surface area contributed by atoms with Gasteiger partial charge < -0.3 is 9.40 Å². The van der Waals surface area contributed by atoms with Crippen LogP contribution < -0.4 is 0 Å². The fourth-order valence-corrected chi connectivity index (χ4v) is 0.986. The zero-order valence-corrected chi connectivity index (χ0v) is 5.53. The molecule has 0 atom stereocenters. The van der Waals surface area contributed by atoms with Gasteiger partial charge in [0.1, 0.15) is 6.61 Å². The van der Waals surface area contributed by atoms with Crippen LogP contribution in [0.4, 0.5) is 0 Å². The van der Waals surface area contributed by atoms with Crippen LogP contribution in [0.5, 0.6) is 0 Å². The Morgan fingerprint density at radius 2 is 2.20 bits per heavy atom. The molecule has 1 aliphatic rings. The predicted octanol–water partition coefficient (Wildman–Crippen LogP) is 1.07. The zero-order valence-electron chi connectivity index (χ0n) is 5.53. The summed E-state index contributed by atoms with van der Waals surface area (Å²) in [6.45, 7) is 0.716. The van der Waals surface area contributed by atoms with Crippen molar-refractivity contribution in [3.05, 3.63) is 24.5 Å². The maximum Gasteiger partial charge on any atom is 0.156 e. The lowest BCUT2D eigenvalue weighted by molar-refractivity contribution is 0.173. The van der Waals surface area contributed by atoms with Gasteiger partial charge in [0.15, 0.2) is 5.84 Å². The summed E-state index contributed by atoms with van der Waals surface area (Å²) in [5.74, 6) is 0.991. The third-order valence-electron chi connectivity index (χ3n) is 1.49. The molecule has 0 bridgehead atoms. The summed E-state index contributed by atoms with van der Waals surface area (Å²) in [6.07, 6.45) is 4.84. The van der Waals surface area contributed by atoms with Crippen molar-refractivity contribution in [2.75, 3.05) is 6.61 Å². The van der Waals surface area contributed by atoms with E-state index in [9.17, 15) is 0 Å². The summed E-state index contributed by atoms with van der Waals surface area (Å²) in [6, 6.07) is 3.95. The Bertz CT molecular complexity index is 238. The number of nitrogens with zero attached hydrogens (tertiary/aromatic N) is 2. The summed E-state index contributed by atoms with van der Waals surface area (Å²) < 4.78 is 1.97. The fourth-order valence-electron chi connectivity index (χ4n) is 0.986. The molecule has 0 N–H and O–H groups in total. The van der Waals surface area contributed by atoms with E-state index in [1.54, 1.807) is 0 Å². The molecule has 0 saturated carbocycles. The molecule has 1 aromatic heterocycles. The van der Waals surface area contributed by atoms with Crippen molar-refractivity contribution < 1.29 is 4.84 Å². The summed E-state index contributed by atoms with van der Waals surface area (Å²) in [4.78, 5) is 4.85. The zero-order chi connectivity index (χ0) is 6.81. The second-order valence-corrected chi connectivity index (χ2v) is 2.18. The van der Waals surface area contributed by atoms with Crippen molar-refractivity contribution >= 4 is 5.84 Å². The van der Waals surface area contributed by atoms with Crippen LogP contribution in [0.1, 0.15) is 6.42 Å². The van der Waals surface area contributed by atoms with Crippen LogP contribution in [0.15, 0.2) is 29.7 Å². The molecule has 10 heavy (non-hydrogen) atoms. The van der Waals surface area contributed by atoms with Crippen molar-refractivity contribution in [1.29, 1.82) is 0 Å². The molecule has 3 nitrogen and oxygen atoms in total. The molecule has 2 heterocycles. The van der Waals surface area contributed by atoms with Crippen molar-refractivity contribution in [2.45, 2.75) is 6.42 Å². The van der Waals surface area contributed by atoms with Gasteiger partial charge in [0.25, 0.3) is 0 Å². The maximum absolute atomic E-state index is 4.85. The predicted molar refractivity (Wildman–Crippen MR) is 37.8 cm³/mol. The highest BCUT2D eigenvalue weighted by atomic mass is 16.6. The smallest absolute Gasteiger partial charge is 0.156 e. The van der Waals surface area contributed by atoms with Gasteiger partial charge >= 0.3 is 0 Å². The maximum atomic E-state index is 4.85. The quantitative estimate of drug-likeness (QED) is 0.524. The topological polar surface area (TPSA) is 26.5 Å². The van der Waals surface area contributed by atoms with Gasteiger partial charge in [-0.3, -0.25) is 0 Å². The molecule has 52 valence electrons. The highest BCUT2D eigenvalue weighted by Gasteiger charge is 2.07. The third-order valence-corrected chi connectivity index (χ3v) is 1.49. The minimum absolute atomic E-state index is 0.716. The third kappa shape index (κ3) is 0.795. The molecular formula is C7H8N2O. The normalized spacial score (nSPS) is 16.6. The first-order chi connectivity index (χ1) is 4.97. The fraction of sp³-hybridized carbons (Fsp3) is 0.286.